The van der Waals surface area contributed by atoms with Crippen molar-refractivity contribution in [2.75, 3.05) is 32.8 Å². The largest absolute Gasteiger partial charge is 0.463 e. The molecule has 5 nitrogen and oxygen atoms in total. The third-order valence-corrected chi connectivity index (χ3v) is 2.82. The quantitative estimate of drug-likeness (QED) is 0.456. The topological polar surface area (TPSA) is 81.6 Å². The van der Waals surface area contributed by atoms with Gasteiger partial charge in [-0.05, 0) is 32.5 Å². The van der Waals surface area contributed by atoms with E-state index >= 15 is 0 Å². The Morgan fingerprint density at radius 3 is 2.39 bits per heavy atom. The summed E-state index contributed by atoms with van der Waals surface area (Å²) in [4.78, 5) is 13.7. The predicted octanol–water partition coefficient (Wildman–Crippen LogP) is 0.750. The van der Waals surface area contributed by atoms with Gasteiger partial charge < -0.3 is 21.1 Å². The van der Waals surface area contributed by atoms with E-state index in [1.165, 1.54) is 0 Å². The van der Waals surface area contributed by atoms with Gasteiger partial charge in [0.25, 0.3) is 0 Å². The van der Waals surface area contributed by atoms with Crippen LogP contribution >= 0.6 is 12.4 Å². The van der Waals surface area contributed by atoms with Gasteiger partial charge in [0, 0.05) is 6.54 Å². The first-order valence-electron chi connectivity index (χ1n) is 6.50. The van der Waals surface area contributed by atoms with Crippen molar-refractivity contribution >= 4 is 18.4 Å². The van der Waals surface area contributed by atoms with Crippen molar-refractivity contribution in [2.45, 2.75) is 39.2 Å². The fourth-order valence-electron chi connectivity index (χ4n) is 1.55. The van der Waals surface area contributed by atoms with E-state index in [0.717, 1.165) is 32.5 Å². The van der Waals surface area contributed by atoms with Gasteiger partial charge in [0.15, 0.2) is 0 Å². The SMILES string of the molecule is CCN(CC)CCOC(=O)[C@@H](N)CCCCN.Cl. The fourth-order valence-corrected chi connectivity index (χ4v) is 1.55. The van der Waals surface area contributed by atoms with Crippen molar-refractivity contribution in [2.24, 2.45) is 11.5 Å². The second-order valence-electron chi connectivity index (χ2n) is 4.09. The second-order valence-corrected chi connectivity index (χ2v) is 4.09. The van der Waals surface area contributed by atoms with Gasteiger partial charge in [-0.2, -0.15) is 0 Å². The number of hydrogen-bond acceptors (Lipinski definition) is 5. The number of esters is 1. The molecule has 0 spiro atoms. The first-order chi connectivity index (χ1) is 8.15. The number of likely N-dealkylation sites (N-methyl/N-ethyl adjacent to an activating group) is 1. The Bertz CT molecular complexity index is 202. The lowest BCUT2D eigenvalue weighted by molar-refractivity contribution is -0.145. The van der Waals surface area contributed by atoms with E-state index in [-0.39, 0.29) is 18.4 Å². The molecule has 110 valence electrons. The number of nitrogens with zero attached hydrogens (tertiary/aromatic N) is 1. The zero-order valence-corrected chi connectivity index (χ0v) is 12.4. The molecule has 0 saturated carbocycles. The number of hydrogen-bond donors (Lipinski definition) is 2. The molecule has 0 aliphatic rings. The van der Waals surface area contributed by atoms with Gasteiger partial charge in [0.05, 0.1) is 0 Å². The molecule has 0 aromatic rings. The summed E-state index contributed by atoms with van der Waals surface area (Å²) in [5.74, 6) is -0.297. The highest BCUT2D eigenvalue weighted by atomic mass is 35.5. The standard InChI is InChI=1S/C12H27N3O2.ClH/c1-3-15(4-2)9-10-17-12(16)11(14)7-5-6-8-13;/h11H,3-10,13-14H2,1-2H3;1H/t11-;/m0./s1. The van der Waals surface area contributed by atoms with Crippen molar-refractivity contribution in [3.05, 3.63) is 0 Å². The Morgan fingerprint density at radius 1 is 1.28 bits per heavy atom. The third kappa shape index (κ3) is 9.65. The summed E-state index contributed by atoms with van der Waals surface area (Å²) in [5, 5.41) is 0. The Labute approximate surface area is 117 Å². The molecule has 0 aliphatic carbocycles. The van der Waals surface area contributed by atoms with Crippen LogP contribution in [0, 0.1) is 0 Å². The normalized spacial score (nSPS) is 12.1. The molecule has 4 N–H and O–H groups in total. The second kappa shape index (κ2) is 13.1. The Hall–Kier alpha value is -0.360. The number of halogens is 1. The first kappa shape index (κ1) is 20.0. The highest BCUT2D eigenvalue weighted by molar-refractivity contribution is 5.85. The van der Waals surface area contributed by atoms with Gasteiger partial charge in [-0.1, -0.05) is 20.3 Å². The number of unbranched alkanes of at least 4 members (excludes halogenated alkanes) is 1. The Balaban J connectivity index is 0. The van der Waals surface area contributed by atoms with Crippen LogP contribution in [-0.4, -0.2) is 49.7 Å². The minimum atomic E-state index is -0.502. The summed E-state index contributed by atoms with van der Waals surface area (Å²) < 4.78 is 5.13. The Kier molecular flexibility index (Phi) is 14.5. The predicted molar refractivity (Wildman–Crippen MR) is 76.9 cm³/mol. The number of carbonyl (C=O) groups excluding carboxylic acids is 1. The maximum atomic E-state index is 11.5. The lowest BCUT2D eigenvalue weighted by Crippen LogP contribution is -2.35. The highest BCUT2D eigenvalue weighted by Crippen LogP contribution is 2.00. The molecule has 0 saturated heterocycles. The van der Waals surface area contributed by atoms with E-state index in [1.54, 1.807) is 0 Å². The van der Waals surface area contributed by atoms with Crippen molar-refractivity contribution in [1.29, 1.82) is 0 Å². The fraction of sp³-hybridized carbons (Fsp3) is 0.917. The van der Waals surface area contributed by atoms with E-state index < -0.39 is 6.04 Å². The molecule has 0 heterocycles. The average Bonchev–Trinajstić information content (AvgIpc) is 2.34. The number of nitrogens with two attached hydrogens (primary N) is 2. The number of carbonyl (C=O) groups is 1. The Morgan fingerprint density at radius 2 is 1.89 bits per heavy atom. The first-order valence-corrected chi connectivity index (χ1v) is 6.50. The van der Waals surface area contributed by atoms with Crippen LogP contribution in [0.15, 0.2) is 0 Å². The molecule has 1 atom stereocenters. The van der Waals surface area contributed by atoms with Crippen molar-refractivity contribution in [1.82, 2.24) is 4.90 Å². The molecule has 0 bridgehead atoms. The van der Waals surface area contributed by atoms with Crippen LogP contribution < -0.4 is 11.5 Å². The highest BCUT2D eigenvalue weighted by Gasteiger charge is 2.14. The van der Waals surface area contributed by atoms with Crippen molar-refractivity contribution < 1.29 is 9.53 Å². The van der Waals surface area contributed by atoms with Crippen LogP contribution in [0.4, 0.5) is 0 Å². The molecule has 0 aliphatic heterocycles. The van der Waals surface area contributed by atoms with Gasteiger partial charge in [-0.3, -0.25) is 4.79 Å². The van der Waals surface area contributed by atoms with E-state index in [2.05, 4.69) is 18.7 Å². The molecular formula is C12H28ClN3O2. The summed E-state index contributed by atoms with van der Waals surface area (Å²) in [6.45, 7) is 7.95. The van der Waals surface area contributed by atoms with Crippen LogP contribution in [-0.2, 0) is 9.53 Å². The van der Waals surface area contributed by atoms with E-state index in [0.29, 0.717) is 19.6 Å². The van der Waals surface area contributed by atoms with Crippen LogP contribution in [0.3, 0.4) is 0 Å². The van der Waals surface area contributed by atoms with E-state index in [4.69, 9.17) is 16.2 Å². The summed E-state index contributed by atoms with van der Waals surface area (Å²) in [5.41, 5.74) is 11.1. The molecule has 0 aromatic heterocycles. The lowest BCUT2D eigenvalue weighted by Gasteiger charge is -2.18. The van der Waals surface area contributed by atoms with Gasteiger partial charge in [0.1, 0.15) is 12.6 Å². The molecule has 0 rings (SSSR count). The van der Waals surface area contributed by atoms with Crippen LogP contribution in [0.2, 0.25) is 0 Å². The minimum absolute atomic E-state index is 0. The van der Waals surface area contributed by atoms with Crippen molar-refractivity contribution in [3.8, 4) is 0 Å². The van der Waals surface area contributed by atoms with E-state index in [1.807, 2.05) is 0 Å². The molecular weight excluding hydrogens is 254 g/mol. The maximum absolute atomic E-state index is 11.5. The van der Waals surface area contributed by atoms with Gasteiger partial charge in [-0.15, -0.1) is 12.4 Å². The summed E-state index contributed by atoms with van der Waals surface area (Å²) in [6, 6.07) is -0.502. The third-order valence-electron chi connectivity index (χ3n) is 2.82. The zero-order chi connectivity index (χ0) is 13.1. The molecule has 0 aromatic carbocycles. The molecule has 6 heteroatoms. The molecule has 0 amide bonds. The summed E-state index contributed by atoms with van der Waals surface area (Å²) in [6.07, 6.45) is 2.44. The van der Waals surface area contributed by atoms with Crippen LogP contribution in [0.25, 0.3) is 0 Å². The smallest absolute Gasteiger partial charge is 0.322 e. The molecule has 18 heavy (non-hydrogen) atoms. The zero-order valence-electron chi connectivity index (χ0n) is 11.6. The van der Waals surface area contributed by atoms with Crippen LogP contribution in [0.1, 0.15) is 33.1 Å². The number of rotatable bonds is 10. The minimum Gasteiger partial charge on any atom is -0.463 e. The monoisotopic (exact) mass is 281 g/mol. The maximum Gasteiger partial charge on any atom is 0.322 e. The lowest BCUT2D eigenvalue weighted by atomic mass is 10.1. The molecule has 0 radical (unpaired) electrons. The van der Waals surface area contributed by atoms with Gasteiger partial charge >= 0.3 is 5.97 Å². The van der Waals surface area contributed by atoms with Crippen molar-refractivity contribution in [3.63, 3.8) is 0 Å². The van der Waals surface area contributed by atoms with Crippen LogP contribution in [0.5, 0.6) is 0 Å². The average molecular weight is 282 g/mol. The van der Waals surface area contributed by atoms with Gasteiger partial charge in [-0.25, -0.2) is 0 Å². The summed E-state index contributed by atoms with van der Waals surface area (Å²) in [7, 11) is 0. The molecule has 0 unspecified atom stereocenters. The van der Waals surface area contributed by atoms with E-state index in [9.17, 15) is 4.79 Å². The molecule has 0 fully saturated rings. The van der Waals surface area contributed by atoms with Gasteiger partial charge in [0.2, 0.25) is 0 Å². The number of ether oxygens (including phenoxy) is 1. The summed E-state index contributed by atoms with van der Waals surface area (Å²) >= 11 is 0.